The van der Waals surface area contributed by atoms with Crippen LogP contribution in [0.3, 0.4) is 0 Å². The van der Waals surface area contributed by atoms with Crippen LogP contribution in [0.5, 0.6) is 0 Å². The molecule has 0 saturated carbocycles. The van der Waals surface area contributed by atoms with Gasteiger partial charge in [0.2, 0.25) is 0 Å². The van der Waals surface area contributed by atoms with Crippen LogP contribution in [0, 0.1) is 31.0 Å². The molecule has 0 atom stereocenters. The summed E-state index contributed by atoms with van der Waals surface area (Å²) in [4.78, 5) is 3.22. The van der Waals surface area contributed by atoms with Crippen molar-refractivity contribution in [2.24, 2.45) is 0 Å². The van der Waals surface area contributed by atoms with Gasteiger partial charge in [0.15, 0.2) is 0 Å². The zero-order valence-corrected chi connectivity index (χ0v) is 11.3. The van der Waals surface area contributed by atoms with E-state index in [1.54, 1.807) is 6.07 Å². The van der Waals surface area contributed by atoms with Gasteiger partial charge in [-0.3, -0.25) is 0 Å². The van der Waals surface area contributed by atoms with Gasteiger partial charge in [0.25, 0.3) is 0 Å². The Labute approximate surface area is 116 Å². The van der Waals surface area contributed by atoms with Crippen LogP contribution >= 0.6 is 0 Å². The molecule has 0 unspecified atom stereocenters. The summed E-state index contributed by atoms with van der Waals surface area (Å²) in [6.07, 6.45) is 0. The fourth-order valence-electron chi connectivity index (χ4n) is 2.39. The highest BCUT2D eigenvalue weighted by atomic mass is 19.1. The minimum absolute atomic E-state index is 0.334. The molecule has 0 aliphatic heterocycles. The van der Waals surface area contributed by atoms with E-state index in [1.807, 2.05) is 32.0 Å². The normalized spacial score (nSPS) is 10.7. The number of nitriles is 1. The number of aryl methyl sites for hydroxylation is 2. The summed E-state index contributed by atoms with van der Waals surface area (Å²) in [5.41, 5.74) is 5.32. The number of halogens is 1. The van der Waals surface area contributed by atoms with E-state index in [4.69, 9.17) is 0 Å². The maximum Gasteiger partial charge on any atom is 0.124 e. The number of benzene rings is 2. The highest BCUT2D eigenvalue weighted by Crippen LogP contribution is 2.31. The van der Waals surface area contributed by atoms with E-state index in [-0.39, 0.29) is 5.82 Å². The Balaban J connectivity index is 2.31. The van der Waals surface area contributed by atoms with Gasteiger partial charge in [-0.2, -0.15) is 5.26 Å². The largest absolute Gasteiger partial charge is 0.353 e. The summed E-state index contributed by atoms with van der Waals surface area (Å²) in [6, 6.07) is 12.7. The molecule has 3 heteroatoms. The van der Waals surface area contributed by atoms with E-state index in [9.17, 15) is 9.65 Å². The van der Waals surface area contributed by atoms with Crippen LogP contribution in [-0.2, 0) is 0 Å². The van der Waals surface area contributed by atoms with Crippen molar-refractivity contribution in [1.82, 2.24) is 4.98 Å². The second kappa shape index (κ2) is 4.50. The molecule has 1 N–H and O–H groups in total. The van der Waals surface area contributed by atoms with Gasteiger partial charge < -0.3 is 4.98 Å². The Hall–Kier alpha value is -2.60. The summed E-state index contributed by atoms with van der Waals surface area (Å²) in [5.74, 6) is -0.334. The SMILES string of the molecule is Cc1ccc(-c2[nH]c3ccc(F)cc3c2C#N)cc1C. The predicted octanol–water partition coefficient (Wildman–Crippen LogP) is 4.46. The molecule has 3 aromatic rings. The summed E-state index contributed by atoms with van der Waals surface area (Å²) in [6.45, 7) is 4.08. The van der Waals surface area contributed by atoms with Gasteiger partial charge >= 0.3 is 0 Å². The summed E-state index contributed by atoms with van der Waals surface area (Å²) in [7, 11) is 0. The second-order valence-corrected chi connectivity index (χ2v) is 4.98. The van der Waals surface area contributed by atoms with Crippen LogP contribution in [0.2, 0.25) is 0 Å². The van der Waals surface area contributed by atoms with Gasteiger partial charge in [-0.1, -0.05) is 12.1 Å². The average Bonchev–Trinajstić information content (AvgIpc) is 2.79. The van der Waals surface area contributed by atoms with Gasteiger partial charge in [-0.25, -0.2) is 4.39 Å². The molecule has 0 aliphatic carbocycles. The molecule has 98 valence electrons. The molecule has 0 aliphatic rings. The van der Waals surface area contributed by atoms with Crippen molar-refractivity contribution in [3.63, 3.8) is 0 Å². The molecule has 20 heavy (non-hydrogen) atoms. The molecule has 2 nitrogen and oxygen atoms in total. The fraction of sp³-hybridized carbons (Fsp3) is 0.118. The van der Waals surface area contributed by atoms with Crippen LogP contribution < -0.4 is 0 Å². The Kier molecular flexibility index (Phi) is 2.80. The molecule has 1 heterocycles. The van der Waals surface area contributed by atoms with E-state index in [1.165, 1.54) is 17.7 Å². The second-order valence-electron chi connectivity index (χ2n) is 4.98. The van der Waals surface area contributed by atoms with Crippen molar-refractivity contribution in [1.29, 1.82) is 5.26 Å². The van der Waals surface area contributed by atoms with Crippen molar-refractivity contribution >= 4 is 10.9 Å². The number of hydrogen-bond donors (Lipinski definition) is 1. The molecular weight excluding hydrogens is 251 g/mol. The van der Waals surface area contributed by atoms with E-state index >= 15 is 0 Å². The number of aromatic nitrogens is 1. The van der Waals surface area contributed by atoms with E-state index in [2.05, 4.69) is 11.1 Å². The van der Waals surface area contributed by atoms with Crippen molar-refractivity contribution < 1.29 is 4.39 Å². The lowest BCUT2D eigenvalue weighted by Crippen LogP contribution is -1.85. The Morgan fingerprint density at radius 3 is 2.55 bits per heavy atom. The first-order valence-electron chi connectivity index (χ1n) is 6.39. The number of nitrogens with one attached hydrogen (secondary N) is 1. The third kappa shape index (κ3) is 1.86. The van der Waals surface area contributed by atoms with E-state index in [0.717, 1.165) is 22.3 Å². The Morgan fingerprint density at radius 2 is 1.85 bits per heavy atom. The van der Waals surface area contributed by atoms with Crippen molar-refractivity contribution in [2.45, 2.75) is 13.8 Å². The predicted molar refractivity (Wildman–Crippen MR) is 77.9 cm³/mol. The highest BCUT2D eigenvalue weighted by Gasteiger charge is 2.13. The molecule has 3 rings (SSSR count). The zero-order chi connectivity index (χ0) is 14.3. The van der Waals surface area contributed by atoms with Gasteiger partial charge in [-0.05, 0) is 54.8 Å². The zero-order valence-electron chi connectivity index (χ0n) is 11.3. The third-order valence-corrected chi connectivity index (χ3v) is 3.67. The third-order valence-electron chi connectivity index (χ3n) is 3.67. The fourth-order valence-corrected chi connectivity index (χ4v) is 2.39. The Bertz CT molecular complexity index is 853. The molecule has 0 bridgehead atoms. The maximum atomic E-state index is 13.4. The van der Waals surface area contributed by atoms with E-state index in [0.29, 0.717) is 10.9 Å². The average molecular weight is 264 g/mol. The lowest BCUT2D eigenvalue weighted by atomic mass is 10.0. The first-order valence-corrected chi connectivity index (χ1v) is 6.39. The summed E-state index contributed by atoms with van der Waals surface area (Å²) in [5, 5.41) is 10.0. The number of H-pyrrole nitrogens is 1. The molecule has 0 amide bonds. The number of fused-ring (bicyclic) bond motifs is 1. The van der Waals surface area contributed by atoms with Gasteiger partial charge in [-0.15, -0.1) is 0 Å². The summed E-state index contributed by atoms with van der Waals surface area (Å²) < 4.78 is 13.4. The molecule has 0 fully saturated rings. The quantitative estimate of drug-likeness (QED) is 0.692. The number of nitrogens with zero attached hydrogens (tertiary/aromatic N) is 1. The minimum Gasteiger partial charge on any atom is -0.353 e. The van der Waals surface area contributed by atoms with Crippen LogP contribution in [0.25, 0.3) is 22.2 Å². The van der Waals surface area contributed by atoms with Crippen LogP contribution in [-0.4, -0.2) is 4.98 Å². The van der Waals surface area contributed by atoms with Crippen molar-refractivity contribution in [3.05, 3.63) is 58.9 Å². The lowest BCUT2D eigenvalue weighted by molar-refractivity contribution is 0.629. The smallest absolute Gasteiger partial charge is 0.124 e. The van der Waals surface area contributed by atoms with Crippen LogP contribution in [0.15, 0.2) is 36.4 Å². The van der Waals surface area contributed by atoms with Gasteiger partial charge in [0.1, 0.15) is 11.9 Å². The van der Waals surface area contributed by atoms with Gasteiger partial charge in [0.05, 0.1) is 11.3 Å². The maximum absolute atomic E-state index is 13.4. The molecule has 0 radical (unpaired) electrons. The topological polar surface area (TPSA) is 39.6 Å². The molecule has 1 aromatic heterocycles. The number of hydrogen-bond acceptors (Lipinski definition) is 1. The Morgan fingerprint density at radius 1 is 1.05 bits per heavy atom. The molecule has 0 spiro atoms. The van der Waals surface area contributed by atoms with E-state index < -0.39 is 0 Å². The standard InChI is InChI=1S/C17H13FN2/c1-10-3-4-12(7-11(10)2)17-15(9-19)14-8-13(18)5-6-16(14)20-17/h3-8,20H,1-2H3. The first kappa shape index (κ1) is 12.4. The first-order chi connectivity index (χ1) is 9.60. The van der Waals surface area contributed by atoms with Crippen molar-refractivity contribution in [2.75, 3.05) is 0 Å². The molecular formula is C17H13FN2. The van der Waals surface area contributed by atoms with Crippen LogP contribution in [0.1, 0.15) is 16.7 Å². The van der Waals surface area contributed by atoms with Crippen LogP contribution in [0.4, 0.5) is 4.39 Å². The van der Waals surface area contributed by atoms with Gasteiger partial charge in [0, 0.05) is 10.9 Å². The molecule has 2 aromatic carbocycles. The monoisotopic (exact) mass is 264 g/mol. The number of rotatable bonds is 1. The summed E-state index contributed by atoms with van der Waals surface area (Å²) >= 11 is 0. The minimum atomic E-state index is -0.334. The van der Waals surface area contributed by atoms with Crippen molar-refractivity contribution in [3.8, 4) is 17.3 Å². The lowest BCUT2D eigenvalue weighted by Gasteiger charge is -2.04. The number of aromatic amines is 1. The highest BCUT2D eigenvalue weighted by molar-refractivity contribution is 5.93. The molecule has 0 saturated heterocycles.